The number of primary amides is 1. The van der Waals surface area contributed by atoms with Gasteiger partial charge in [-0.2, -0.15) is 5.10 Å². The van der Waals surface area contributed by atoms with Crippen LogP contribution >= 0.6 is 23.2 Å². The molecule has 2 aromatic heterocycles. The van der Waals surface area contributed by atoms with E-state index >= 15 is 0 Å². The van der Waals surface area contributed by atoms with E-state index in [0.717, 1.165) is 0 Å². The van der Waals surface area contributed by atoms with Gasteiger partial charge in [-0.3, -0.25) is 9.48 Å². The number of hydrogen-bond acceptors (Lipinski definition) is 4. The fourth-order valence-electron chi connectivity index (χ4n) is 2.49. The number of carbonyl (C=O) groups is 2. The van der Waals surface area contributed by atoms with Crippen molar-refractivity contribution in [1.29, 1.82) is 0 Å². The molecule has 10 heteroatoms. The third-order valence-electron chi connectivity index (χ3n) is 3.57. The Labute approximate surface area is 140 Å². The predicted molar refractivity (Wildman–Crippen MR) is 82.4 cm³/mol. The zero-order chi connectivity index (χ0) is 16.7. The molecule has 1 aliphatic rings. The van der Waals surface area contributed by atoms with Gasteiger partial charge in [0.2, 0.25) is 0 Å². The van der Waals surface area contributed by atoms with Gasteiger partial charge in [-0.25, -0.2) is 9.78 Å². The average Bonchev–Trinajstić information content (AvgIpc) is 2.88. The number of rotatable bonds is 2. The Morgan fingerprint density at radius 2 is 2.04 bits per heavy atom. The number of hydrogen-bond donors (Lipinski definition) is 2. The van der Waals surface area contributed by atoms with Crippen molar-refractivity contribution in [2.45, 2.75) is 13.1 Å². The highest BCUT2D eigenvalue weighted by atomic mass is 35.5. The van der Waals surface area contributed by atoms with E-state index in [0.29, 0.717) is 23.5 Å². The van der Waals surface area contributed by atoms with Gasteiger partial charge >= 0.3 is 6.09 Å². The minimum atomic E-state index is -1.06. The number of pyridine rings is 1. The Kier molecular flexibility index (Phi) is 3.87. The van der Waals surface area contributed by atoms with E-state index in [-0.39, 0.29) is 28.8 Å². The fraction of sp³-hybridized carbons (Fsp3) is 0.231. The molecule has 3 N–H and O–H groups in total. The molecule has 0 unspecified atom stereocenters. The quantitative estimate of drug-likeness (QED) is 0.797. The molecule has 3 rings (SSSR count). The van der Waals surface area contributed by atoms with Crippen LogP contribution in [0.5, 0.6) is 0 Å². The second kappa shape index (κ2) is 5.71. The number of fused-ring (bicyclic) bond motifs is 1. The number of carboxylic acid groups (broad SMARTS) is 1. The predicted octanol–water partition coefficient (Wildman–Crippen LogP) is 1.84. The van der Waals surface area contributed by atoms with Crippen molar-refractivity contribution in [3.8, 4) is 11.3 Å². The largest absolute Gasteiger partial charge is 0.465 e. The number of nitrogens with two attached hydrogens (primary N) is 1. The Morgan fingerprint density at radius 3 is 2.65 bits per heavy atom. The SMILES string of the molecule is NC(=O)c1c(-c2cnc(Cl)c(Cl)c2)nn2c1CN(C(=O)O)CC2. The molecule has 120 valence electrons. The highest BCUT2D eigenvalue weighted by molar-refractivity contribution is 6.41. The standard InChI is InChI=1S/C13H11Cl2N5O3/c14-7-3-6(4-17-11(7)15)10-9(12(16)21)8-5-19(13(22)23)1-2-20(8)18-10/h3-4H,1-2,5H2,(H2,16,21)(H,22,23). The van der Waals surface area contributed by atoms with Crippen molar-refractivity contribution in [1.82, 2.24) is 19.7 Å². The Bertz CT molecular complexity index is 820. The van der Waals surface area contributed by atoms with E-state index in [1.54, 1.807) is 4.68 Å². The first kappa shape index (κ1) is 15.6. The minimum Gasteiger partial charge on any atom is -0.465 e. The molecule has 2 amide bonds. The molecule has 1 aliphatic heterocycles. The molecule has 0 atom stereocenters. The Morgan fingerprint density at radius 1 is 1.30 bits per heavy atom. The third-order valence-corrected chi connectivity index (χ3v) is 4.25. The van der Waals surface area contributed by atoms with Gasteiger partial charge in [0.05, 0.1) is 29.4 Å². The summed E-state index contributed by atoms with van der Waals surface area (Å²) in [5.74, 6) is -0.695. The molecule has 0 radical (unpaired) electrons. The summed E-state index contributed by atoms with van der Waals surface area (Å²) in [5.41, 5.74) is 6.88. The lowest BCUT2D eigenvalue weighted by atomic mass is 10.1. The maximum absolute atomic E-state index is 11.9. The molecule has 0 bridgehead atoms. The summed E-state index contributed by atoms with van der Waals surface area (Å²) in [6.07, 6.45) is 0.370. The maximum atomic E-state index is 11.9. The molecule has 2 aromatic rings. The smallest absolute Gasteiger partial charge is 0.407 e. The lowest BCUT2D eigenvalue weighted by Crippen LogP contribution is -2.38. The van der Waals surface area contributed by atoms with Gasteiger partial charge in [0.15, 0.2) is 0 Å². The Balaban J connectivity index is 2.14. The number of amides is 2. The normalized spacial score (nSPS) is 13.7. The first-order chi connectivity index (χ1) is 10.9. The van der Waals surface area contributed by atoms with Crippen LogP contribution in [0.2, 0.25) is 10.2 Å². The topological polar surface area (TPSA) is 114 Å². The number of carbonyl (C=O) groups excluding carboxylic acids is 1. The van der Waals surface area contributed by atoms with Gasteiger partial charge in [-0.05, 0) is 6.07 Å². The molecule has 0 spiro atoms. The second-order valence-corrected chi connectivity index (χ2v) is 5.72. The summed E-state index contributed by atoms with van der Waals surface area (Å²) in [6.45, 7) is 0.646. The van der Waals surface area contributed by atoms with Crippen molar-refractivity contribution in [2.24, 2.45) is 5.73 Å². The first-order valence-electron chi connectivity index (χ1n) is 6.57. The van der Waals surface area contributed by atoms with E-state index in [1.165, 1.54) is 17.2 Å². The van der Waals surface area contributed by atoms with E-state index in [4.69, 9.17) is 34.0 Å². The summed E-state index contributed by atoms with van der Waals surface area (Å²) >= 11 is 11.7. The molecule has 8 nitrogen and oxygen atoms in total. The van der Waals surface area contributed by atoms with Crippen LogP contribution in [0, 0.1) is 0 Å². The van der Waals surface area contributed by atoms with Crippen LogP contribution in [0.4, 0.5) is 4.79 Å². The number of nitrogens with zero attached hydrogens (tertiary/aromatic N) is 4. The first-order valence-corrected chi connectivity index (χ1v) is 7.33. The highest BCUT2D eigenvalue weighted by Crippen LogP contribution is 2.31. The van der Waals surface area contributed by atoms with E-state index in [1.807, 2.05) is 0 Å². The summed E-state index contributed by atoms with van der Waals surface area (Å²) in [4.78, 5) is 28.1. The van der Waals surface area contributed by atoms with Crippen LogP contribution in [0.25, 0.3) is 11.3 Å². The molecule has 0 aliphatic carbocycles. The molecule has 0 saturated carbocycles. The molecule has 0 saturated heterocycles. The zero-order valence-corrected chi connectivity index (χ0v) is 13.2. The summed E-state index contributed by atoms with van der Waals surface area (Å²) in [7, 11) is 0. The molecule has 3 heterocycles. The van der Waals surface area contributed by atoms with Gasteiger partial charge in [-0.1, -0.05) is 23.2 Å². The van der Waals surface area contributed by atoms with Crippen molar-refractivity contribution in [3.05, 3.63) is 33.7 Å². The van der Waals surface area contributed by atoms with E-state index in [2.05, 4.69) is 10.1 Å². The van der Waals surface area contributed by atoms with Gasteiger partial charge in [0, 0.05) is 18.3 Å². The minimum absolute atomic E-state index is 0.0371. The number of aromatic nitrogens is 3. The maximum Gasteiger partial charge on any atom is 0.407 e. The summed E-state index contributed by atoms with van der Waals surface area (Å²) < 4.78 is 1.58. The molecule has 0 fully saturated rings. The van der Waals surface area contributed by atoms with Gasteiger partial charge < -0.3 is 15.7 Å². The average molecular weight is 356 g/mol. The van der Waals surface area contributed by atoms with Gasteiger partial charge in [0.1, 0.15) is 10.8 Å². The number of halogens is 2. The summed E-state index contributed by atoms with van der Waals surface area (Å²) in [6, 6.07) is 1.53. The molecular formula is C13H11Cl2N5O3. The van der Waals surface area contributed by atoms with Crippen LogP contribution in [0.1, 0.15) is 16.1 Å². The van der Waals surface area contributed by atoms with Crippen molar-refractivity contribution < 1.29 is 14.7 Å². The van der Waals surface area contributed by atoms with Gasteiger partial charge in [-0.15, -0.1) is 0 Å². The van der Waals surface area contributed by atoms with Crippen molar-refractivity contribution in [3.63, 3.8) is 0 Å². The van der Waals surface area contributed by atoms with Crippen LogP contribution in [-0.2, 0) is 13.1 Å². The van der Waals surface area contributed by atoms with Crippen molar-refractivity contribution >= 4 is 35.2 Å². The van der Waals surface area contributed by atoms with Crippen LogP contribution < -0.4 is 5.73 Å². The summed E-state index contributed by atoms with van der Waals surface area (Å²) in [5, 5.41) is 13.8. The molecular weight excluding hydrogens is 345 g/mol. The highest BCUT2D eigenvalue weighted by Gasteiger charge is 2.29. The van der Waals surface area contributed by atoms with Crippen molar-refractivity contribution in [2.75, 3.05) is 6.54 Å². The third kappa shape index (κ3) is 2.71. The Hall–Kier alpha value is -2.32. The fourth-order valence-corrected chi connectivity index (χ4v) is 2.76. The van der Waals surface area contributed by atoms with Crippen LogP contribution in [0.15, 0.2) is 12.3 Å². The molecule has 0 aromatic carbocycles. The lowest BCUT2D eigenvalue weighted by Gasteiger charge is -2.25. The zero-order valence-electron chi connectivity index (χ0n) is 11.7. The monoisotopic (exact) mass is 355 g/mol. The van der Waals surface area contributed by atoms with Gasteiger partial charge in [0.25, 0.3) is 5.91 Å². The second-order valence-electron chi connectivity index (χ2n) is 4.96. The lowest BCUT2D eigenvalue weighted by molar-refractivity contribution is 0.0993. The van der Waals surface area contributed by atoms with Crippen LogP contribution in [0.3, 0.4) is 0 Å². The molecule has 23 heavy (non-hydrogen) atoms. The van der Waals surface area contributed by atoms with Crippen LogP contribution in [-0.4, -0.2) is 43.3 Å². The van der Waals surface area contributed by atoms with E-state index in [9.17, 15) is 9.59 Å². The van der Waals surface area contributed by atoms with E-state index < -0.39 is 12.0 Å².